The Morgan fingerprint density at radius 2 is 1.85 bits per heavy atom. The molecule has 1 aliphatic heterocycles. The number of amides is 1. The predicted octanol–water partition coefficient (Wildman–Crippen LogP) is 2.76. The van der Waals surface area contributed by atoms with Crippen molar-refractivity contribution < 1.29 is 9.53 Å². The number of hydrogen-bond donors (Lipinski definition) is 1. The smallest absolute Gasteiger partial charge is 0.258 e. The lowest BCUT2D eigenvalue weighted by molar-refractivity contribution is -0.123. The van der Waals surface area contributed by atoms with Gasteiger partial charge in [-0.1, -0.05) is 26.0 Å². The third-order valence-corrected chi connectivity index (χ3v) is 4.61. The van der Waals surface area contributed by atoms with Gasteiger partial charge in [-0.25, -0.2) is 9.97 Å². The molecule has 2 heterocycles. The maximum absolute atomic E-state index is 12.1. The number of nitrogens with one attached hydrogen (secondary N) is 1. The number of hydrogen-bond acceptors (Lipinski definition) is 5. The lowest BCUT2D eigenvalue weighted by atomic mass is 10.0. The summed E-state index contributed by atoms with van der Waals surface area (Å²) in [7, 11) is 0. The van der Waals surface area contributed by atoms with Crippen LogP contribution in [-0.4, -0.2) is 41.6 Å². The van der Waals surface area contributed by atoms with Crippen LogP contribution in [0.25, 0.3) is 0 Å². The molecule has 1 saturated heterocycles. The van der Waals surface area contributed by atoms with E-state index in [2.05, 4.69) is 34.0 Å². The van der Waals surface area contributed by atoms with Crippen molar-refractivity contribution in [2.45, 2.75) is 38.6 Å². The molecule has 1 aliphatic rings. The molecule has 6 nitrogen and oxygen atoms in total. The molecule has 6 heteroatoms. The van der Waals surface area contributed by atoms with Gasteiger partial charge in [0.05, 0.1) is 0 Å². The summed E-state index contributed by atoms with van der Waals surface area (Å²) in [6.45, 7) is 6.03. The van der Waals surface area contributed by atoms with E-state index < -0.39 is 0 Å². The fourth-order valence-electron chi connectivity index (χ4n) is 3.05. The normalized spacial score (nSPS) is 15.1. The second kappa shape index (κ2) is 8.65. The minimum Gasteiger partial charge on any atom is -0.484 e. The highest BCUT2D eigenvalue weighted by molar-refractivity contribution is 5.77. The standard InChI is InChI=1S/C20H26N4O2/c1-15(2)16-4-6-18(7-5-16)26-14-19(25)23-17-8-12-24(13-9-17)20-21-10-3-11-22-20/h3-7,10-11,15,17H,8-9,12-14H2,1-2H3,(H,23,25). The second-order valence-corrected chi connectivity index (χ2v) is 6.89. The van der Waals surface area contributed by atoms with Gasteiger partial charge in [0.25, 0.3) is 5.91 Å². The van der Waals surface area contributed by atoms with Crippen LogP contribution in [0.4, 0.5) is 5.95 Å². The highest BCUT2D eigenvalue weighted by Crippen LogP contribution is 2.19. The molecule has 0 saturated carbocycles. The summed E-state index contributed by atoms with van der Waals surface area (Å²) in [6.07, 6.45) is 5.27. The Balaban J connectivity index is 1.40. The Bertz CT molecular complexity index is 696. The molecule has 0 bridgehead atoms. The van der Waals surface area contributed by atoms with Gasteiger partial charge in [-0.05, 0) is 42.5 Å². The van der Waals surface area contributed by atoms with Crippen molar-refractivity contribution in [3.63, 3.8) is 0 Å². The zero-order chi connectivity index (χ0) is 18.4. The number of anilines is 1. The third-order valence-electron chi connectivity index (χ3n) is 4.61. The van der Waals surface area contributed by atoms with Gasteiger partial charge in [0.2, 0.25) is 5.95 Å². The molecule has 1 amide bonds. The first-order valence-electron chi connectivity index (χ1n) is 9.16. The number of piperidine rings is 1. The zero-order valence-electron chi connectivity index (χ0n) is 15.4. The molecule has 138 valence electrons. The van der Waals surface area contributed by atoms with E-state index in [4.69, 9.17) is 4.74 Å². The van der Waals surface area contributed by atoms with Gasteiger partial charge >= 0.3 is 0 Å². The maximum Gasteiger partial charge on any atom is 0.258 e. The van der Waals surface area contributed by atoms with Gasteiger partial charge in [-0.2, -0.15) is 0 Å². The first-order valence-corrected chi connectivity index (χ1v) is 9.16. The molecule has 26 heavy (non-hydrogen) atoms. The van der Waals surface area contributed by atoms with Gasteiger partial charge in [0.1, 0.15) is 5.75 Å². The van der Waals surface area contributed by atoms with Crippen LogP contribution in [0.3, 0.4) is 0 Å². The average molecular weight is 354 g/mol. The van der Waals surface area contributed by atoms with Gasteiger partial charge in [0.15, 0.2) is 6.61 Å². The van der Waals surface area contributed by atoms with Crippen LogP contribution in [0.5, 0.6) is 5.75 Å². The molecule has 0 unspecified atom stereocenters. The molecule has 0 radical (unpaired) electrons. The average Bonchev–Trinajstić information content (AvgIpc) is 2.68. The quantitative estimate of drug-likeness (QED) is 0.864. The second-order valence-electron chi connectivity index (χ2n) is 6.89. The Morgan fingerprint density at radius 3 is 2.46 bits per heavy atom. The summed E-state index contributed by atoms with van der Waals surface area (Å²) in [6, 6.07) is 9.90. The number of carbonyl (C=O) groups excluding carboxylic acids is 1. The highest BCUT2D eigenvalue weighted by Gasteiger charge is 2.22. The van der Waals surface area contributed by atoms with E-state index in [1.165, 1.54) is 5.56 Å². The molecule has 1 aromatic carbocycles. The molecule has 2 aromatic rings. The van der Waals surface area contributed by atoms with Gasteiger partial charge in [-0.3, -0.25) is 4.79 Å². The van der Waals surface area contributed by atoms with E-state index in [1.807, 2.05) is 30.3 Å². The Kier molecular flexibility index (Phi) is 6.04. The minimum atomic E-state index is -0.0765. The Labute approximate surface area is 154 Å². The highest BCUT2D eigenvalue weighted by atomic mass is 16.5. The summed E-state index contributed by atoms with van der Waals surface area (Å²) in [5.41, 5.74) is 1.26. The zero-order valence-corrected chi connectivity index (χ0v) is 15.4. The molecule has 0 aliphatic carbocycles. The summed E-state index contributed by atoms with van der Waals surface area (Å²) in [4.78, 5) is 22.8. The van der Waals surface area contributed by atoms with Crippen molar-refractivity contribution in [2.24, 2.45) is 0 Å². The van der Waals surface area contributed by atoms with Crippen molar-refractivity contribution in [3.05, 3.63) is 48.3 Å². The molecular weight excluding hydrogens is 328 g/mol. The van der Waals surface area contributed by atoms with E-state index in [0.29, 0.717) is 5.92 Å². The van der Waals surface area contributed by atoms with Crippen LogP contribution in [0.15, 0.2) is 42.7 Å². The van der Waals surface area contributed by atoms with E-state index in [-0.39, 0.29) is 18.6 Å². The predicted molar refractivity (Wildman–Crippen MR) is 101 cm³/mol. The van der Waals surface area contributed by atoms with Crippen molar-refractivity contribution in [1.82, 2.24) is 15.3 Å². The van der Waals surface area contributed by atoms with Crippen molar-refractivity contribution in [1.29, 1.82) is 0 Å². The van der Waals surface area contributed by atoms with E-state index in [1.54, 1.807) is 12.4 Å². The number of aromatic nitrogens is 2. The number of nitrogens with zero attached hydrogens (tertiary/aromatic N) is 3. The molecule has 1 aromatic heterocycles. The topological polar surface area (TPSA) is 67.3 Å². The van der Waals surface area contributed by atoms with Crippen LogP contribution < -0.4 is 15.0 Å². The van der Waals surface area contributed by atoms with Crippen LogP contribution in [-0.2, 0) is 4.79 Å². The molecule has 1 N–H and O–H groups in total. The first kappa shape index (κ1) is 18.2. The summed E-state index contributed by atoms with van der Waals surface area (Å²) >= 11 is 0. The molecule has 1 fully saturated rings. The van der Waals surface area contributed by atoms with Gasteiger partial charge < -0.3 is 15.0 Å². The third kappa shape index (κ3) is 4.94. The maximum atomic E-state index is 12.1. The van der Waals surface area contributed by atoms with Crippen LogP contribution >= 0.6 is 0 Å². The summed E-state index contributed by atoms with van der Waals surface area (Å²) in [5.74, 6) is 1.89. The number of ether oxygens (including phenoxy) is 1. The van der Waals surface area contributed by atoms with Gasteiger partial charge in [-0.15, -0.1) is 0 Å². The molecular formula is C20H26N4O2. The first-order chi connectivity index (χ1) is 12.6. The van der Waals surface area contributed by atoms with Gasteiger partial charge in [0, 0.05) is 31.5 Å². The SMILES string of the molecule is CC(C)c1ccc(OCC(=O)NC2CCN(c3ncccn3)CC2)cc1. The lowest BCUT2D eigenvalue weighted by Gasteiger charge is -2.32. The fourth-order valence-corrected chi connectivity index (χ4v) is 3.05. The van der Waals surface area contributed by atoms with Crippen molar-refractivity contribution >= 4 is 11.9 Å². The lowest BCUT2D eigenvalue weighted by Crippen LogP contribution is -2.46. The van der Waals surface area contributed by atoms with E-state index >= 15 is 0 Å². The minimum absolute atomic E-state index is 0.0447. The Hall–Kier alpha value is -2.63. The van der Waals surface area contributed by atoms with E-state index in [0.717, 1.165) is 37.6 Å². The van der Waals surface area contributed by atoms with Crippen LogP contribution in [0.1, 0.15) is 38.2 Å². The molecule has 0 spiro atoms. The van der Waals surface area contributed by atoms with Crippen molar-refractivity contribution in [3.8, 4) is 5.75 Å². The number of benzene rings is 1. The monoisotopic (exact) mass is 354 g/mol. The largest absolute Gasteiger partial charge is 0.484 e. The fraction of sp³-hybridized carbons (Fsp3) is 0.450. The van der Waals surface area contributed by atoms with Crippen LogP contribution in [0, 0.1) is 0 Å². The summed E-state index contributed by atoms with van der Waals surface area (Å²) in [5, 5.41) is 3.06. The number of rotatable bonds is 6. The summed E-state index contributed by atoms with van der Waals surface area (Å²) < 4.78 is 5.59. The van der Waals surface area contributed by atoms with E-state index in [9.17, 15) is 4.79 Å². The number of carbonyl (C=O) groups is 1. The molecule has 3 rings (SSSR count). The van der Waals surface area contributed by atoms with Crippen molar-refractivity contribution in [2.75, 3.05) is 24.6 Å². The van der Waals surface area contributed by atoms with Crippen LogP contribution in [0.2, 0.25) is 0 Å². The molecule has 0 atom stereocenters. The Morgan fingerprint density at radius 1 is 1.19 bits per heavy atom.